The van der Waals surface area contributed by atoms with E-state index in [1.165, 1.54) is 4.90 Å². The SMILES string of the molecule is CC(C)[C@H](N)C(=O)N1CCC[C@H]1C(=O)N[C@@H](CC(=O)O)C(=O)N1CCC[C@H]1C(=O)N[C@@H](CCCNC(=N)N)C(=O)O. The van der Waals surface area contributed by atoms with E-state index in [0.717, 1.165) is 4.90 Å². The molecule has 0 unspecified atom stereocenters. The van der Waals surface area contributed by atoms with Gasteiger partial charge in [-0.3, -0.25) is 29.4 Å². The highest BCUT2D eigenvalue weighted by molar-refractivity contribution is 5.97. The third kappa shape index (κ3) is 9.30. The zero-order chi connectivity index (χ0) is 30.9. The fourth-order valence-corrected chi connectivity index (χ4v) is 4.98. The van der Waals surface area contributed by atoms with Gasteiger partial charge in [-0.1, -0.05) is 13.8 Å². The van der Waals surface area contributed by atoms with Gasteiger partial charge >= 0.3 is 11.9 Å². The second-order valence-electron chi connectivity index (χ2n) is 10.7. The summed E-state index contributed by atoms with van der Waals surface area (Å²) in [6, 6.07) is -5.54. The number of aliphatic carboxylic acids is 2. The molecule has 2 rings (SSSR count). The molecular weight excluding hydrogens is 540 g/mol. The Bertz CT molecular complexity index is 1020. The molecule has 0 saturated carbocycles. The molecular formula is C25H42N8O8. The highest BCUT2D eigenvalue weighted by atomic mass is 16.4. The monoisotopic (exact) mass is 582 g/mol. The van der Waals surface area contributed by atoms with Crippen molar-refractivity contribution in [2.75, 3.05) is 19.6 Å². The van der Waals surface area contributed by atoms with Crippen LogP contribution in [0.25, 0.3) is 0 Å². The summed E-state index contributed by atoms with van der Waals surface area (Å²) in [6.07, 6.45) is 1.08. The number of carboxylic acid groups (broad SMARTS) is 2. The number of amides is 4. The van der Waals surface area contributed by atoms with Crippen LogP contribution in [0.5, 0.6) is 0 Å². The summed E-state index contributed by atoms with van der Waals surface area (Å²) in [4.78, 5) is 78.3. The van der Waals surface area contributed by atoms with Crippen molar-refractivity contribution in [3.63, 3.8) is 0 Å². The number of hydrogen-bond acceptors (Lipinski definition) is 8. The molecule has 16 nitrogen and oxygen atoms in total. The number of hydrogen-bond donors (Lipinski definition) is 8. The Kier molecular flexibility index (Phi) is 12.3. The van der Waals surface area contributed by atoms with Crippen LogP contribution in [0.2, 0.25) is 0 Å². The lowest BCUT2D eigenvalue weighted by Gasteiger charge is -2.31. The summed E-state index contributed by atoms with van der Waals surface area (Å²) in [7, 11) is 0. The summed E-state index contributed by atoms with van der Waals surface area (Å²) < 4.78 is 0. The van der Waals surface area contributed by atoms with Crippen molar-refractivity contribution in [3.05, 3.63) is 0 Å². The van der Waals surface area contributed by atoms with Crippen LogP contribution >= 0.6 is 0 Å². The minimum atomic E-state index is -1.50. The number of nitrogens with zero attached hydrogens (tertiary/aromatic N) is 2. The van der Waals surface area contributed by atoms with Crippen LogP contribution < -0.4 is 27.4 Å². The summed E-state index contributed by atoms with van der Waals surface area (Å²) in [5.41, 5.74) is 11.2. The molecule has 0 aromatic rings. The highest BCUT2D eigenvalue weighted by Crippen LogP contribution is 2.22. The molecule has 0 radical (unpaired) electrons. The lowest BCUT2D eigenvalue weighted by Crippen LogP contribution is -2.58. The molecule has 2 fully saturated rings. The van der Waals surface area contributed by atoms with Crippen molar-refractivity contribution in [3.8, 4) is 0 Å². The van der Waals surface area contributed by atoms with Gasteiger partial charge in [-0.2, -0.15) is 0 Å². The van der Waals surface area contributed by atoms with Crippen LogP contribution in [0.15, 0.2) is 0 Å². The molecule has 10 N–H and O–H groups in total. The van der Waals surface area contributed by atoms with E-state index in [1.807, 2.05) is 0 Å². The first kappa shape index (κ1) is 33.3. The Balaban J connectivity index is 2.12. The summed E-state index contributed by atoms with van der Waals surface area (Å²) in [5, 5.41) is 33.6. The van der Waals surface area contributed by atoms with Crippen molar-refractivity contribution in [2.24, 2.45) is 17.4 Å². The van der Waals surface area contributed by atoms with Gasteiger partial charge in [-0.25, -0.2) is 4.79 Å². The topological polar surface area (TPSA) is 261 Å². The van der Waals surface area contributed by atoms with Crippen molar-refractivity contribution in [1.29, 1.82) is 5.41 Å². The Hall–Kier alpha value is -3.95. The van der Waals surface area contributed by atoms with E-state index in [2.05, 4.69) is 16.0 Å². The number of carbonyl (C=O) groups is 6. The normalized spacial score (nSPS) is 20.7. The van der Waals surface area contributed by atoms with Crippen molar-refractivity contribution in [1.82, 2.24) is 25.8 Å². The number of nitrogens with two attached hydrogens (primary N) is 2. The van der Waals surface area contributed by atoms with E-state index >= 15 is 0 Å². The highest BCUT2D eigenvalue weighted by Gasteiger charge is 2.42. The zero-order valence-corrected chi connectivity index (χ0v) is 23.4. The maximum absolute atomic E-state index is 13.5. The summed E-state index contributed by atoms with van der Waals surface area (Å²) in [6.45, 7) is 4.21. The fraction of sp³-hybridized carbons (Fsp3) is 0.720. The van der Waals surface area contributed by atoms with Crippen LogP contribution in [-0.4, -0.2) is 111 Å². The smallest absolute Gasteiger partial charge is 0.326 e. The molecule has 2 aliphatic rings. The Morgan fingerprint density at radius 2 is 1.41 bits per heavy atom. The van der Waals surface area contributed by atoms with Gasteiger partial charge in [-0.15, -0.1) is 0 Å². The summed E-state index contributed by atoms with van der Waals surface area (Å²) >= 11 is 0. The number of carbonyl (C=O) groups excluding carboxylic acids is 4. The number of carboxylic acids is 2. The first-order valence-electron chi connectivity index (χ1n) is 13.7. The molecule has 0 aromatic heterocycles. The van der Waals surface area contributed by atoms with Gasteiger partial charge in [0.05, 0.1) is 12.5 Å². The molecule has 0 aromatic carbocycles. The van der Waals surface area contributed by atoms with E-state index in [1.54, 1.807) is 13.8 Å². The fourth-order valence-electron chi connectivity index (χ4n) is 4.98. The first-order valence-corrected chi connectivity index (χ1v) is 13.7. The quantitative estimate of drug-likeness (QED) is 0.0615. The maximum Gasteiger partial charge on any atom is 0.326 e. The second-order valence-corrected chi connectivity index (χ2v) is 10.7. The van der Waals surface area contributed by atoms with E-state index in [0.29, 0.717) is 32.2 Å². The predicted octanol–water partition coefficient (Wildman–Crippen LogP) is -2.26. The van der Waals surface area contributed by atoms with E-state index in [9.17, 15) is 39.0 Å². The van der Waals surface area contributed by atoms with Gasteiger partial charge in [0.15, 0.2) is 5.96 Å². The van der Waals surface area contributed by atoms with Crippen LogP contribution in [0, 0.1) is 11.3 Å². The van der Waals surface area contributed by atoms with Crippen LogP contribution in [-0.2, 0) is 28.8 Å². The predicted molar refractivity (Wildman–Crippen MR) is 145 cm³/mol. The Morgan fingerprint density at radius 1 is 0.902 bits per heavy atom. The molecule has 230 valence electrons. The van der Waals surface area contributed by atoms with Crippen LogP contribution in [0.1, 0.15) is 58.8 Å². The summed E-state index contributed by atoms with van der Waals surface area (Å²) in [5.74, 6) is -5.64. The second kappa shape index (κ2) is 15.2. The molecule has 5 atom stereocenters. The van der Waals surface area contributed by atoms with Gasteiger partial charge in [0, 0.05) is 19.6 Å². The first-order chi connectivity index (χ1) is 19.2. The van der Waals surface area contributed by atoms with E-state index in [4.69, 9.17) is 16.9 Å². The van der Waals surface area contributed by atoms with E-state index < -0.39 is 72.2 Å². The molecule has 41 heavy (non-hydrogen) atoms. The Morgan fingerprint density at radius 3 is 1.88 bits per heavy atom. The van der Waals surface area contributed by atoms with Crippen molar-refractivity contribution < 1.29 is 39.0 Å². The Labute approximate surface area is 238 Å². The van der Waals surface area contributed by atoms with E-state index in [-0.39, 0.29) is 37.8 Å². The van der Waals surface area contributed by atoms with Gasteiger partial charge in [0.1, 0.15) is 24.2 Å². The lowest BCUT2D eigenvalue weighted by atomic mass is 10.0. The molecule has 0 bridgehead atoms. The molecule has 4 amide bonds. The standard InChI is InChI=1S/C25H42N8O8/c1-13(2)19(26)23(39)33-11-5-8-17(33)21(37)31-15(12-18(34)35)22(38)32-10-4-7-16(32)20(36)30-14(24(40)41)6-3-9-29-25(27)28/h13-17,19H,3-12,26H2,1-2H3,(H,30,36)(H,31,37)(H,34,35)(H,40,41)(H4,27,28,29)/t14-,15-,16-,17-,19-/m0/s1. The average molecular weight is 583 g/mol. The molecule has 2 heterocycles. The van der Waals surface area contributed by atoms with Crippen LogP contribution in [0.3, 0.4) is 0 Å². The maximum atomic E-state index is 13.5. The van der Waals surface area contributed by atoms with Crippen molar-refractivity contribution in [2.45, 2.75) is 89.0 Å². The minimum absolute atomic E-state index is 0.0385. The third-order valence-electron chi connectivity index (χ3n) is 7.27. The van der Waals surface area contributed by atoms with Gasteiger partial charge in [-0.05, 0) is 44.4 Å². The van der Waals surface area contributed by atoms with Gasteiger partial charge < -0.3 is 47.4 Å². The molecule has 0 spiro atoms. The zero-order valence-electron chi connectivity index (χ0n) is 23.4. The van der Waals surface area contributed by atoms with Gasteiger partial charge in [0.25, 0.3) is 0 Å². The van der Waals surface area contributed by atoms with Crippen LogP contribution in [0.4, 0.5) is 0 Å². The molecule has 2 aliphatic heterocycles. The average Bonchev–Trinajstić information content (AvgIpc) is 3.58. The largest absolute Gasteiger partial charge is 0.481 e. The molecule has 16 heteroatoms. The molecule has 0 aliphatic carbocycles. The third-order valence-corrected chi connectivity index (χ3v) is 7.27. The molecule has 2 saturated heterocycles. The van der Waals surface area contributed by atoms with Gasteiger partial charge in [0.2, 0.25) is 23.6 Å². The van der Waals surface area contributed by atoms with Crippen molar-refractivity contribution >= 4 is 41.5 Å². The number of nitrogens with one attached hydrogen (secondary N) is 4. The lowest BCUT2D eigenvalue weighted by molar-refractivity contribution is -0.148. The minimum Gasteiger partial charge on any atom is -0.481 e. The number of likely N-dealkylation sites (tertiary alicyclic amines) is 2. The number of guanidine groups is 1. The number of rotatable bonds is 14.